The zero-order chi connectivity index (χ0) is 24.8. The summed E-state index contributed by atoms with van der Waals surface area (Å²) in [5.74, 6) is 0.520. The van der Waals surface area contributed by atoms with Crippen LogP contribution in [0.25, 0.3) is 0 Å². The predicted molar refractivity (Wildman–Crippen MR) is 144 cm³/mol. The molecule has 0 aliphatic heterocycles. The first-order valence-electron chi connectivity index (χ1n) is 12.3. The van der Waals surface area contributed by atoms with Crippen molar-refractivity contribution < 1.29 is 9.59 Å². The Labute approximate surface area is 209 Å². The third-order valence-electron chi connectivity index (χ3n) is 5.74. The first kappa shape index (κ1) is 27.7. The second-order valence-electron chi connectivity index (χ2n) is 8.32. The number of carbonyl (C=O) groups excluding carboxylic acids is 2. The van der Waals surface area contributed by atoms with Gasteiger partial charge in [0, 0.05) is 42.5 Å². The average Bonchev–Trinajstić information content (AvgIpc) is 2.83. The van der Waals surface area contributed by atoms with Crippen molar-refractivity contribution in [3.63, 3.8) is 0 Å². The van der Waals surface area contributed by atoms with Gasteiger partial charge in [-0.15, -0.1) is 11.6 Å². The fraction of sp³-hybridized carbons (Fsp3) is 0.481. The van der Waals surface area contributed by atoms with Crippen LogP contribution in [0, 0.1) is 0 Å². The lowest BCUT2D eigenvalue weighted by Crippen LogP contribution is -2.26. The molecule has 0 spiro atoms. The molecule has 2 N–H and O–H groups in total. The monoisotopic (exact) mass is 486 g/mol. The summed E-state index contributed by atoms with van der Waals surface area (Å²) in [4.78, 5) is 29.2. The van der Waals surface area contributed by atoms with Gasteiger partial charge in [-0.1, -0.05) is 32.9 Å². The Kier molecular flexibility index (Phi) is 12.5. The SMILES string of the molecule is CCCN(CCCl)c1ccc(CC(=O)Nc2ccc(NC(=O)CCCN(CC)CC)cc2)cc1. The van der Waals surface area contributed by atoms with Gasteiger partial charge >= 0.3 is 0 Å². The zero-order valence-electron chi connectivity index (χ0n) is 20.8. The normalized spacial score (nSPS) is 10.9. The van der Waals surface area contributed by atoms with Crippen LogP contribution in [-0.2, 0) is 16.0 Å². The van der Waals surface area contributed by atoms with Crippen molar-refractivity contribution in [3.05, 3.63) is 54.1 Å². The van der Waals surface area contributed by atoms with Crippen molar-refractivity contribution in [1.82, 2.24) is 4.90 Å². The quantitative estimate of drug-likeness (QED) is 0.331. The van der Waals surface area contributed by atoms with E-state index >= 15 is 0 Å². The minimum Gasteiger partial charge on any atom is -0.370 e. The Hall–Kier alpha value is -2.57. The summed E-state index contributed by atoms with van der Waals surface area (Å²) in [5.41, 5.74) is 3.52. The molecular formula is C27H39ClN4O2. The van der Waals surface area contributed by atoms with Gasteiger partial charge in [0.2, 0.25) is 11.8 Å². The van der Waals surface area contributed by atoms with Crippen LogP contribution in [0.1, 0.15) is 45.6 Å². The number of nitrogens with zero attached hydrogens (tertiary/aromatic N) is 2. The number of rotatable bonds is 15. The summed E-state index contributed by atoms with van der Waals surface area (Å²) >= 11 is 5.92. The van der Waals surface area contributed by atoms with Gasteiger partial charge in [0.1, 0.15) is 0 Å². The second kappa shape index (κ2) is 15.4. The van der Waals surface area contributed by atoms with E-state index in [1.54, 1.807) is 12.1 Å². The van der Waals surface area contributed by atoms with Crippen LogP contribution in [0.2, 0.25) is 0 Å². The van der Waals surface area contributed by atoms with E-state index in [2.05, 4.69) is 41.2 Å². The Balaban J connectivity index is 1.80. The minimum atomic E-state index is -0.0767. The van der Waals surface area contributed by atoms with Gasteiger partial charge in [-0.05, 0) is 74.4 Å². The number of benzene rings is 2. The molecule has 2 aromatic carbocycles. The molecule has 0 aliphatic carbocycles. The van der Waals surface area contributed by atoms with Crippen molar-refractivity contribution in [2.24, 2.45) is 0 Å². The predicted octanol–water partition coefficient (Wildman–Crippen LogP) is 5.38. The van der Waals surface area contributed by atoms with Crippen LogP contribution in [0.15, 0.2) is 48.5 Å². The zero-order valence-corrected chi connectivity index (χ0v) is 21.5. The lowest BCUT2D eigenvalue weighted by atomic mass is 10.1. The van der Waals surface area contributed by atoms with Crippen molar-refractivity contribution in [3.8, 4) is 0 Å². The molecule has 186 valence electrons. The maximum atomic E-state index is 12.5. The minimum absolute atomic E-state index is 0.0101. The van der Waals surface area contributed by atoms with Gasteiger partial charge in [-0.25, -0.2) is 0 Å². The Morgan fingerprint density at radius 3 is 1.91 bits per heavy atom. The Morgan fingerprint density at radius 2 is 1.38 bits per heavy atom. The van der Waals surface area contributed by atoms with Gasteiger partial charge in [-0.2, -0.15) is 0 Å². The summed E-state index contributed by atoms with van der Waals surface area (Å²) < 4.78 is 0. The van der Waals surface area contributed by atoms with E-state index in [1.807, 2.05) is 36.4 Å². The van der Waals surface area contributed by atoms with Crippen LogP contribution < -0.4 is 15.5 Å². The third kappa shape index (κ3) is 9.74. The highest BCUT2D eigenvalue weighted by atomic mass is 35.5. The number of amides is 2. The molecule has 0 saturated carbocycles. The first-order valence-corrected chi connectivity index (χ1v) is 12.8. The molecule has 0 fully saturated rings. The van der Waals surface area contributed by atoms with Crippen LogP contribution in [0.3, 0.4) is 0 Å². The second-order valence-corrected chi connectivity index (χ2v) is 8.70. The number of hydrogen-bond donors (Lipinski definition) is 2. The van der Waals surface area contributed by atoms with Gasteiger partial charge in [0.25, 0.3) is 0 Å². The van der Waals surface area contributed by atoms with E-state index in [1.165, 1.54) is 0 Å². The van der Waals surface area contributed by atoms with Crippen LogP contribution >= 0.6 is 11.6 Å². The molecular weight excluding hydrogens is 448 g/mol. The number of halogens is 1. The first-order chi connectivity index (χ1) is 16.5. The highest BCUT2D eigenvalue weighted by Crippen LogP contribution is 2.18. The summed E-state index contributed by atoms with van der Waals surface area (Å²) in [5, 5.41) is 5.85. The standard InChI is InChI=1S/C27H39ClN4O2/c1-4-18-32(20-17-28)25-15-9-22(10-16-25)21-27(34)30-24-13-11-23(12-14-24)29-26(33)8-7-19-31(5-2)6-3/h9-16H,4-8,17-21H2,1-3H3,(H,29,33)(H,30,34). The number of hydrogen-bond acceptors (Lipinski definition) is 4. The topological polar surface area (TPSA) is 64.7 Å². The largest absolute Gasteiger partial charge is 0.370 e. The molecule has 7 heteroatoms. The van der Waals surface area contributed by atoms with E-state index in [-0.39, 0.29) is 11.8 Å². The summed E-state index contributed by atoms with van der Waals surface area (Å²) in [6.45, 7) is 11.1. The summed E-state index contributed by atoms with van der Waals surface area (Å²) in [6, 6.07) is 15.3. The maximum Gasteiger partial charge on any atom is 0.228 e. The molecule has 0 aromatic heterocycles. The van der Waals surface area contributed by atoms with Crippen molar-refractivity contribution in [1.29, 1.82) is 0 Å². The molecule has 0 unspecified atom stereocenters. The fourth-order valence-electron chi connectivity index (χ4n) is 3.82. The average molecular weight is 487 g/mol. The number of anilines is 3. The number of alkyl halides is 1. The highest BCUT2D eigenvalue weighted by molar-refractivity contribution is 6.18. The van der Waals surface area contributed by atoms with Crippen molar-refractivity contribution >= 4 is 40.5 Å². The lowest BCUT2D eigenvalue weighted by molar-refractivity contribution is -0.116. The van der Waals surface area contributed by atoms with Crippen LogP contribution in [0.4, 0.5) is 17.1 Å². The smallest absolute Gasteiger partial charge is 0.228 e. The van der Waals surface area contributed by atoms with Crippen LogP contribution in [-0.4, -0.2) is 55.3 Å². The van der Waals surface area contributed by atoms with Gasteiger partial charge in [0.05, 0.1) is 6.42 Å². The molecule has 2 amide bonds. The molecule has 34 heavy (non-hydrogen) atoms. The number of nitrogens with one attached hydrogen (secondary N) is 2. The van der Waals surface area contributed by atoms with Crippen LogP contribution in [0.5, 0.6) is 0 Å². The summed E-state index contributed by atoms with van der Waals surface area (Å²) in [7, 11) is 0. The Bertz CT molecular complexity index is 861. The third-order valence-corrected chi connectivity index (χ3v) is 5.91. The molecule has 0 radical (unpaired) electrons. The highest BCUT2D eigenvalue weighted by Gasteiger charge is 2.09. The van der Waals surface area contributed by atoms with Gasteiger partial charge < -0.3 is 20.4 Å². The molecule has 2 rings (SSSR count). The van der Waals surface area contributed by atoms with E-state index < -0.39 is 0 Å². The van der Waals surface area contributed by atoms with Gasteiger partial charge in [0.15, 0.2) is 0 Å². The molecule has 0 bridgehead atoms. The molecule has 0 aliphatic rings. The molecule has 6 nitrogen and oxygen atoms in total. The number of carbonyl (C=O) groups is 2. The molecule has 2 aromatic rings. The van der Waals surface area contributed by atoms with Crippen molar-refractivity contribution in [2.75, 3.05) is 54.1 Å². The molecule has 0 heterocycles. The molecule has 0 atom stereocenters. The van der Waals surface area contributed by atoms with E-state index in [4.69, 9.17) is 11.6 Å². The van der Waals surface area contributed by atoms with Crippen molar-refractivity contribution in [2.45, 2.75) is 46.5 Å². The van der Waals surface area contributed by atoms with E-state index in [0.717, 1.165) is 62.5 Å². The lowest BCUT2D eigenvalue weighted by Gasteiger charge is -2.23. The maximum absolute atomic E-state index is 12.5. The molecule has 0 saturated heterocycles. The van der Waals surface area contributed by atoms with E-state index in [0.29, 0.717) is 24.4 Å². The fourth-order valence-corrected chi connectivity index (χ4v) is 4.02. The van der Waals surface area contributed by atoms with E-state index in [9.17, 15) is 9.59 Å². The van der Waals surface area contributed by atoms with Gasteiger partial charge in [-0.3, -0.25) is 9.59 Å². The Morgan fingerprint density at radius 1 is 0.794 bits per heavy atom. The summed E-state index contributed by atoms with van der Waals surface area (Å²) in [6.07, 6.45) is 2.69.